The Morgan fingerprint density at radius 2 is 2.50 bits per heavy atom. The lowest BCUT2D eigenvalue weighted by atomic mass is 10.1. The molecular formula is C8H9NS. The van der Waals surface area contributed by atoms with Gasteiger partial charge < -0.3 is 0 Å². The Morgan fingerprint density at radius 3 is 3.40 bits per heavy atom. The summed E-state index contributed by atoms with van der Waals surface area (Å²) in [5, 5.41) is 0. The maximum atomic E-state index is 4.08. The average Bonchev–Trinajstić information content (AvgIpc) is 2.05. The van der Waals surface area contributed by atoms with Crippen LogP contribution in [0.4, 0.5) is 0 Å². The molecule has 1 aromatic rings. The number of hydrogen-bond acceptors (Lipinski definition) is 2. The van der Waals surface area contributed by atoms with E-state index in [1.165, 1.54) is 29.1 Å². The standard InChI is InChI=1S/C8H9NS/c1-2-7-3-4-9-6-8(7)10-5-1/h3-4,6H,1-2,5H2. The van der Waals surface area contributed by atoms with Gasteiger partial charge in [-0.2, -0.15) is 0 Å². The van der Waals surface area contributed by atoms with Crippen molar-refractivity contribution >= 4 is 11.8 Å². The second kappa shape index (κ2) is 2.62. The van der Waals surface area contributed by atoms with E-state index < -0.39 is 0 Å². The molecule has 1 aromatic heterocycles. The predicted molar refractivity (Wildman–Crippen MR) is 43.3 cm³/mol. The number of thioether (sulfide) groups is 1. The highest BCUT2D eigenvalue weighted by atomic mass is 32.2. The lowest BCUT2D eigenvalue weighted by molar-refractivity contribution is 0.881. The molecule has 1 nitrogen and oxygen atoms in total. The number of rotatable bonds is 0. The van der Waals surface area contributed by atoms with Crippen molar-refractivity contribution in [3.63, 3.8) is 0 Å². The Balaban J connectivity index is 2.41. The van der Waals surface area contributed by atoms with Crippen LogP contribution in [0.25, 0.3) is 0 Å². The summed E-state index contributed by atoms with van der Waals surface area (Å²) in [6.45, 7) is 0. The molecule has 0 aliphatic carbocycles. The zero-order chi connectivity index (χ0) is 6.81. The Hall–Kier alpha value is -0.500. The highest BCUT2D eigenvalue weighted by Crippen LogP contribution is 2.28. The Kier molecular flexibility index (Phi) is 1.63. The van der Waals surface area contributed by atoms with Crippen molar-refractivity contribution in [2.75, 3.05) is 5.75 Å². The molecule has 0 saturated heterocycles. The van der Waals surface area contributed by atoms with Crippen LogP contribution in [0.2, 0.25) is 0 Å². The van der Waals surface area contributed by atoms with Crippen molar-refractivity contribution < 1.29 is 0 Å². The zero-order valence-corrected chi connectivity index (χ0v) is 6.53. The molecular weight excluding hydrogens is 142 g/mol. The number of hydrogen-bond donors (Lipinski definition) is 0. The normalized spacial score (nSPS) is 16.4. The second-order valence-corrected chi connectivity index (χ2v) is 3.57. The first-order valence-electron chi connectivity index (χ1n) is 3.52. The molecule has 0 bridgehead atoms. The van der Waals surface area contributed by atoms with Gasteiger partial charge in [-0.15, -0.1) is 11.8 Å². The summed E-state index contributed by atoms with van der Waals surface area (Å²) in [7, 11) is 0. The van der Waals surface area contributed by atoms with Gasteiger partial charge in [-0.3, -0.25) is 4.98 Å². The molecule has 0 unspecified atom stereocenters. The average molecular weight is 151 g/mol. The monoisotopic (exact) mass is 151 g/mol. The van der Waals surface area contributed by atoms with E-state index in [4.69, 9.17) is 0 Å². The molecule has 1 aliphatic heterocycles. The summed E-state index contributed by atoms with van der Waals surface area (Å²) in [5.74, 6) is 1.26. The van der Waals surface area contributed by atoms with Crippen LogP contribution in [0, 0.1) is 0 Å². The first-order chi connectivity index (χ1) is 4.97. The molecule has 1 aliphatic rings. The first kappa shape index (κ1) is 6.23. The lowest BCUT2D eigenvalue weighted by Gasteiger charge is -2.12. The van der Waals surface area contributed by atoms with Gasteiger partial charge >= 0.3 is 0 Å². The number of nitrogens with zero attached hydrogens (tertiary/aromatic N) is 1. The fraction of sp³-hybridized carbons (Fsp3) is 0.375. The number of fused-ring (bicyclic) bond motifs is 1. The van der Waals surface area contributed by atoms with Crippen LogP contribution in [-0.4, -0.2) is 10.7 Å². The molecule has 10 heavy (non-hydrogen) atoms. The summed E-state index contributed by atoms with van der Waals surface area (Å²) in [6, 6.07) is 2.13. The Morgan fingerprint density at radius 1 is 1.50 bits per heavy atom. The van der Waals surface area contributed by atoms with Gasteiger partial charge in [-0.25, -0.2) is 0 Å². The van der Waals surface area contributed by atoms with Crippen LogP contribution in [0.1, 0.15) is 12.0 Å². The number of aromatic nitrogens is 1. The molecule has 0 aromatic carbocycles. The van der Waals surface area contributed by atoms with E-state index >= 15 is 0 Å². The van der Waals surface area contributed by atoms with E-state index in [0.29, 0.717) is 0 Å². The van der Waals surface area contributed by atoms with E-state index in [0.717, 1.165) is 0 Å². The molecule has 52 valence electrons. The molecule has 0 radical (unpaired) electrons. The molecule has 2 heteroatoms. The zero-order valence-electron chi connectivity index (χ0n) is 5.71. The summed E-state index contributed by atoms with van der Waals surface area (Å²) in [4.78, 5) is 5.46. The van der Waals surface area contributed by atoms with Crippen molar-refractivity contribution in [2.24, 2.45) is 0 Å². The van der Waals surface area contributed by atoms with Crippen LogP contribution < -0.4 is 0 Å². The van der Waals surface area contributed by atoms with Crippen molar-refractivity contribution in [1.29, 1.82) is 0 Å². The highest BCUT2D eigenvalue weighted by molar-refractivity contribution is 7.99. The molecule has 0 atom stereocenters. The molecule has 0 fully saturated rings. The number of pyridine rings is 1. The van der Waals surface area contributed by atoms with E-state index in [-0.39, 0.29) is 0 Å². The van der Waals surface area contributed by atoms with E-state index in [1.54, 1.807) is 0 Å². The third-order valence-electron chi connectivity index (χ3n) is 1.72. The van der Waals surface area contributed by atoms with Gasteiger partial charge in [0, 0.05) is 17.3 Å². The van der Waals surface area contributed by atoms with Crippen LogP contribution in [-0.2, 0) is 6.42 Å². The Bertz CT molecular complexity index is 209. The smallest absolute Gasteiger partial charge is 0.0406 e. The maximum Gasteiger partial charge on any atom is 0.0406 e. The van der Waals surface area contributed by atoms with Gasteiger partial charge in [-0.05, 0) is 30.2 Å². The van der Waals surface area contributed by atoms with Crippen molar-refractivity contribution in [2.45, 2.75) is 17.7 Å². The quantitative estimate of drug-likeness (QED) is 0.563. The summed E-state index contributed by atoms with van der Waals surface area (Å²) >= 11 is 1.93. The van der Waals surface area contributed by atoms with E-state index in [1.807, 2.05) is 24.2 Å². The van der Waals surface area contributed by atoms with Crippen molar-refractivity contribution in [1.82, 2.24) is 4.98 Å². The Labute approximate surface area is 64.9 Å². The van der Waals surface area contributed by atoms with E-state index in [9.17, 15) is 0 Å². The van der Waals surface area contributed by atoms with Gasteiger partial charge in [0.2, 0.25) is 0 Å². The molecule has 0 N–H and O–H groups in total. The minimum Gasteiger partial charge on any atom is -0.264 e. The minimum atomic E-state index is 1.24. The van der Waals surface area contributed by atoms with E-state index in [2.05, 4.69) is 11.1 Å². The molecule has 2 heterocycles. The largest absolute Gasteiger partial charge is 0.264 e. The number of aryl methyl sites for hydroxylation is 1. The summed E-state index contributed by atoms with van der Waals surface area (Å²) in [6.07, 6.45) is 6.41. The predicted octanol–water partition coefficient (Wildman–Crippen LogP) is 2.12. The van der Waals surface area contributed by atoms with Crippen molar-refractivity contribution in [3.8, 4) is 0 Å². The highest BCUT2D eigenvalue weighted by Gasteiger charge is 2.07. The topological polar surface area (TPSA) is 12.9 Å². The van der Waals surface area contributed by atoms with Gasteiger partial charge in [0.15, 0.2) is 0 Å². The minimum absolute atomic E-state index is 1.24. The van der Waals surface area contributed by atoms with Crippen molar-refractivity contribution in [3.05, 3.63) is 24.0 Å². The van der Waals surface area contributed by atoms with Gasteiger partial charge in [0.05, 0.1) is 0 Å². The van der Waals surface area contributed by atoms with Gasteiger partial charge in [0.25, 0.3) is 0 Å². The fourth-order valence-corrected chi connectivity index (χ4v) is 2.19. The van der Waals surface area contributed by atoms with Crippen LogP contribution >= 0.6 is 11.8 Å². The first-order valence-corrected chi connectivity index (χ1v) is 4.51. The fourth-order valence-electron chi connectivity index (χ4n) is 1.19. The summed E-state index contributed by atoms with van der Waals surface area (Å²) in [5.41, 5.74) is 1.48. The maximum absolute atomic E-state index is 4.08. The second-order valence-electron chi connectivity index (χ2n) is 2.44. The van der Waals surface area contributed by atoms with Crippen LogP contribution in [0.15, 0.2) is 23.4 Å². The third-order valence-corrected chi connectivity index (χ3v) is 2.89. The molecule has 0 amide bonds. The molecule has 2 rings (SSSR count). The summed E-state index contributed by atoms with van der Waals surface area (Å²) < 4.78 is 0. The SMILES string of the molecule is c1cc2c(cn1)SCCC2. The van der Waals surface area contributed by atoms with Gasteiger partial charge in [0.1, 0.15) is 0 Å². The van der Waals surface area contributed by atoms with Gasteiger partial charge in [-0.1, -0.05) is 0 Å². The van der Waals surface area contributed by atoms with Crippen LogP contribution in [0.3, 0.4) is 0 Å². The van der Waals surface area contributed by atoms with Crippen LogP contribution in [0.5, 0.6) is 0 Å². The molecule has 0 spiro atoms. The third kappa shape index (κ3) is 1.03. The lowest BCUT2D eigenvalue weighted by Crippen LogP contribution is -1.97. The molecule has 0 saturated carbocycles.